The molecule has 1 aromatic rings. The van der Waals surface area contributed by atoms with Crippen LogP contribution in [0.1, 0.15) is 30.5 Å². The standard InChI is InChI=1S/C11H15ClFN/c1-6-5-8(12)7(2)9(10(6)13)11(3,4)14/h5H,14H2,1-4H3. The number of hydrogen-bond acceptors (Lipinski definition) is 1. The van der Waals surface area contributed by atoms with Gasteiger partial charge in [-0.15, -0.1) is 0 Å². The maximum atomic E-state index is 13.8. The second-order valence-corrected chi connectivity index (χ2v) is 4.62. The van der Waals surface area contributed by atoms with Crippen molar-refractivity contribution in [1.82, 2.24) is 0 Å². The molecule has 0 saturated carbocycles. The largest absolute Gasteiger partial charge is 0.322 e. The lowest BCUT2D eigenvalue weighted by molar-refractivity contribution is 0.494. The minimum Gasteiger partial charge on any atom is -0.322 e. The first-order valence-corrected chi connectivity index (χ1v) is 4.87. The van der Waals surface area contributed by atoms with E-state index in [2.05, 4.69) is 0 Å². The maximum absolute atomic E-state index is 13.8. The van der Waals surface area contributed by atoms with Gasteiger partial charge in [-0.2, -0.15) is 0 Å². The average molecular weight is 216 g/mol. The van der Waals surface area contributed by atoms with Gasteiger partial charge in [0.25, 0.3) is 0 Å². The predicted octanol–water partition coefficient (Wildman–Crippen LogP) is 3.29. The highest BCUT2D eigenvalue weighted by Gasteiger charge is 2.24. The lowest BCUT2D eigenvalue weighted by atomic mass is 9.89. The number of nitrogens with two attached hydrogens (primary N) is 1. The van der Waals surface area contributed by atoms with Crippen LogP contribution in [0.25, 0.3) is 0 Å². The highest BCUT2D eigenvalue weighted by atomic mass is 35.5. The molecule has 2 N–H and O–H groups in total. The van der Waals surface area contributed by atoms with Crippen LogP contribution < -0.4 is 5.73 Å². The molecule has 1 rings (SSSR count). The van der Waals surface area contributed by atoms with Crippen molar-refractivity contribution in [3.05, 3.63) is 33.6 Å². The van der Waals surface area contributed by atoms with Crippen LogP contribution in [0.15, 0.2) is 6.07 Å². The van der Waals surface area contributed by atoms with Crippen molar-refractivity contribution in [2.75, 3.05) is 0 Å². The smallest absolute Gasteiger partial charge is 0.131 e. The highest BCUT2D eigenvalue weighted by Crippen LogP contribution is 2.31. The van der Waals surface area contributed by atoms with Crippen LogP contribution in [-0.4, -0.2) is 0 Å². The molecular weight excluding hydrogens is 201 g/mol. The van der Waals surface area contributed by atoms with E-state index in [4.69, 9.17) is 17.3 Å². The molecule has 0 aliphatic rings. The van der Waals surface area contributed by atoms with Crippen LogP contribution in [0.5, 0.6) is 0 Å². The zero-order valence-corrected chi connectivity index (χ0v) is 9.67. The van der Waals surface area contributed by atoms with Gasteiger partial charge >= 0.3 is 0 Å². The summed E-state index contributed by atoms with van der Waals surface area (Å²) >= 11 is 5.97. The lowest BCUT2D eigenvalue weighted by Gasteiger charge is -2.24. The normalized spacial score (nSPS) is 11.9. The van der Waals surface area contributed by atoms with Gasteiger partial charge in [0.05, 0.1) is 0 Å². The molecule has 0 heterocycles. The summed E-state index contributed by atoms with van der Waals surface area (Å²) < 4.78 is 13.8. The molecule has 0 bridgehead atoms. The first-order valence-electron chi connectivity index (χ1n) is 4.49. The Balaban J connectivity index is 3.56. The molecule has 0 saturated heterocycles. The third-order valence-electron chi connectivity index (χ3n) is 2.29. The van der Waals surface area contributed by atoms with Gasteiger partial charge in [-0.05, 0) is 44.9 Å². The summed E-state index contributed by atoms with van der Waals surface area (Å²) in [5, 5.41) is 0.567. The van der Waals surface area contributed by atoms with Crippen molar-refractivity contribution in [2.45, 2.75) is 33.2 Å². The molecule has 0 aliphatic heterocycles. The number of halogens is 2. The van der Waals surface area contributed by atoms with Crippen molar-refractivity contribution in [3.8, 4) is 0 Å². The topological polar surface area (TPSA) is 26.0 Å². The van der Waals surface area contributed by atoms with Crippen molar-refractivity contribution < 1.29 is 4.39 Å². The van der Waals surface area contributed by atoms with Gasteiger partial charge in [-0.1, -0.05) is 11.6 Å². The second kappa shape index (κ2) is 3.52. The fourth-order valence-electron chi connectivity index (χ4n) is 1.61. The molecule has 0 radical (unpaired) electrons. The molecule has 78 valence electrons. The molecule has 1 aromatic carbocycles. The molecule has 3 heteroatoms. The molecule has 1 nitrogen and oxygen atoms in total. The fraction of sp³-hybridized carbons (Fsp3) is 0.455. The maximum Gasteiger partial charge on any atom is 0.131 e. The van der Waals surface area contributed by atoms with E-state index in [1.165, 1.54) is 0 Å². The molecule has 0 spiro atoms. The zero-order valence-electron chi connectivity index (χ0n) is 8.91. The Kier molecular flexibility index (Phi) is 2.88. The van der Waals surface area contributed by atoms with Crippen molar-refractivity contribution >= 4 is 11.6 Å². The quantitative estimate of drug-likeness (QED) is 0.765. The Hall–Kier alpha value is -0.600. The van der Waals surface area contributed by atoms with E-state index in [1.54, 1.807) is 33.8 Å². The summed E-state index contributed by atoms with van der Waals surface area (Å²) in [4.78, 5) is 0. The number of hydrogen-bond donors (Lipinski definition) is 1. The third-order valence-corrected chi connectivity index (χ3v) is 2.68. The van der Waals surface area contributed by atoms with Crippen LogP contribution in [-0.2, 0) is 5.54 Å². The molecule has 0 aromatic heterocycles. The zero-order chi connectivity index (χ0) is 11.1. The van der Waals surface area contributed by atoms with Crippen LogP contribution >= 0.6 is 11.6 Å². The van der Waals surface area contributed by atoms with Gasteiger partial charge in [-0.3, -0.25) is 0 Å². The molecule has 0 aliphatic carbocycles. The van der Waals surface area contributed by atoms with E-state index < -0.39 is 5.54 Å². The summed E-state index contributed by atoms with van der Waals surface area (Å²) in [7, 11) is 0. The number of aryl methyl sites for hydroxylation is 1. The van der Waals surface area contributed by atoms with E-state index in [0.29, 0.717) is 16.1 Å². The van der Waals surface area contributed by atoms with Gasteiger partial charge in [0.2, 0.25) is 0 Å². The third kappa shape index (κ3) is 1.91. The SMILES string of the molecule is Cc1cc(Cl)c(C)c(C(C)(C)N)c1F. The second-order valence-electron chi connectivity index (χ2n) is 4.21. The summed E-state index contributed by atoms with van der Waals surface area (Å²) in [6.45, 7) is 7.02. The first kappa shape index (κ1) is 11.5. The Morgan fingerprint density at radius 2 is 1.86 bits per heavy atom. The minimum atomic E-state index is -0.705. The fourth-order valence-corrected chi connectivity index (χ4v) is 1.87. The molecule has 0 amide bonds. The Labute approximate surface area is 89.1 Å². The van der Waals surface area contributed by atoms with E-state index in [1.807, 2.05) is 0 Å². The van der Waals surface area contributed by atoms with E-state index in [9.17, 15) is 4.39 Å². The number of benzene rings is 1. The molecule has 0 atom stereocenters. The van der Waals surface area contributed by atoms with Gasteiger partial charge in [0.1, 0.15) is 5.82 Å². The summed E-state index contributed by atoms with van der Waals surface area (Å²) in [6, 6.07) is 1.63. The van der Waals surface area contributed by atoms with Crippen LogP contribution in [0.4, 0.5) is 4.39 Å². The van der Waals surface area contributed by atoms with Crippen LogP contribution in [0.2, 0.25) is 5.02 Å². The van der Waals surface area contributed by atoms with Crippen molar-refractivity contribution in [2.24, 2.45) is 5.73 Å². The van der Waals surface area contributed by atoms with Crippen molar-refractivity contribution in [3.63, 3.8) is 0 Å². The molecule has 0 fully saturated rings. The summed E-state index contributed by atoms with van der Waals surface area (Å²) in [5.41, 5.74) is 6.96. The highest BCUT2D eigenvalue weighted by molar-refractivity contribution is 6.31. The summed E-state index contributed by atoms with van der Waals surface area (Å²) in [6.07, 6.45) is 0. The molecule has 14 heavy (non-hydrogen) atoms. The Morgan fingerprint density at radius 1 is 1.36 bits per heavy atom. The van der Waals surface area contributed by atoms with Gasteiger partial charge in [0.15, 0.2) is 0 Å². The summed E-state index contributed by atoms with van der Waals surface area (Å²) in [5.74, 6) is -0.251. The molecular formula is C11H15ClFN. The average Bonchev–Trinajstić information content (AvgIpc) is 1.98. The van der Waals surface area contributed by atoms with Crippen LogP contribution in [0, 0.1) is 19.7 Å². The number of rotatable bonds is 1. The minimum absolute atomic E-state index is 0.251. The van der Waals surface area contributed by atoms with E-state index >= 15 is 0 Å². The predicted molar refractivity (Wildman–Crippen MR) is 58.1 cm³/mol. The first-order chi connectivity index (χ1) is 6.25. The van der Waals surface area contributed by atoms with Gasteiger partial charge in [-0.25, -0.2) is 4.39 Å². The van der Waals surface area contributed by atoms with Crippen molar-refractivity contribution in [1.29, 1.82) is 0 Å². The molecule has 0 unspecified atom stereocenters. The monoisotopic (exact) mass is 215 g/mol. The Bertz CT molecular complexity index is 340. The van der Waals surface area contributed by atoms with E-state index in [-0.39, 0.29) is 5.82 Å². The van der Waals surface area contributed by atoms with E-state index in [0.717, 1.165) is 5.56 Å². The lowest BCUT2D eigenvalue weighted by Crippen LogP contribution is -2.31. The van der Waals surface area contributed by atoms with Gasteiger partial charge < -0.3 is 5.73 Å². The Morgan fingerprint density at radius 3 is 2.29 bits per heavy atom. The van der Waals surface area contributed by atoms with Crippen LogP contribution in [0.3, 0.4) is 0 Å². The van der Waals surface area contributed by atoms with Gasteiger partial charge in [0, 0.05) is 16.1 Å².